The molecule has 0 aliphatic carbocycles. The van der Waals surface area contributed by atoms with Gasteiger partial charge in [0.15, 0.2) is 0 Å². The van der Waals surface area contributed by atoms with Crippen LogP contribution in [0.1, 0.15) is 42.3 Å². The zero-order chi connectivity index (χ0) is 21.3. The molecule has 0 radical (unpaired) electrons. The van der Waals surface area contributed by atoms with Crippen LogP contribution in [-0.2, 0) is 5.41 Å². The molecule has 0 spiro atoms. The van der Waals surface area contributed by atoms with E-state index < -0.39 is 0 Å². The molecule has 3 aromatic rings. The highest BCUT2D eigenvalue weighted by molar-refractivity contribution is 5.94. The van der Waals surface area contributed by atoms with Crippen LogP contribution in [0.5, 0.6) is 0 Å². The van der Waals surface area contributed by atoms with Crippen LogP contribution in [-0.4, -0.2) is 46.5 Å². The number of nitrogens with zero attached hydrogens (tertiary/aromatic N) is 4. The monoisotopic (exact) mass is 402 g/mol. The molecule has 5 heteroatoms. The molecule has 156 valence electrons. The first-order valence-electron chi connectivity index (χ1n) is 10.6. The summed E-state index contributed by atoms with van der Waals surface area (Å²) in [7, 11) is 0. The van der Waals surface area contributed by atoms with Crippen LogP contribution in [0, 0.1) is 6.92 Å². The quantitative estimate of drug-likeness (QED) is 0.650. The average Bonchev–Trinajstić information content (AvgIpc) is 3.23. The van der Waals surface area contributed by atoms with Gasteiger partial charge < -0.3 is 9.80 Å². The standard InChI is InChI=1S/C25H30N4O/c1-19-5-11-22(12-6-19)29-14-13-26-24(29)28-17-15-27(16-18-28)23(30)20-7-9-21(10-8-20)25(2,3)4/h5-14H,15-18H2,1-4H3. The van der Waals surface area contributed by atoms with Gasteiger partial charge in [0.2, 0.25) is 5.95 Å². The molecular weight excluding hydrogens is 372 g/mol. The Morgan fingerprint density at radius 1 is 0.900 bits per heavy atom. The number of benzene rings is 2. The second-order valence-corrected chi connectivity index (χ2v) is 9.04. The molecule has 30 heavy (non-hydrogen) atoms. The molecular formula is C25H30N4O. The number of carbonyl (C=O) groups excluding carboxylic acids is 1. The molecule has 4 rings (SSSR count). The van der Waals surface area contributed by atoms with E-state index in [0.29, 0.717) is 13.1 Å². The predicted molar refractivity (Wildman–Crippen MR) is 122 cm³/mol. The molecule has 1 saturated heterocycles. The summed E-state index contributed by atoms with van der Waals surface area (Å²) in [6, 6.07) is 16.5. The van der Waals surface area contributed by atoms with Gasteiger partial charge in [0.1, 0.15) is 0 Å². The number of carbonyl (C=O) groups is 1. The summed E-state index contributed by atoms with van der Waals surface area (Å²) in [6.07, 6.45) is 3.83. The largest absolute Gasteiger partial charge is 0.338 e. The van der Waals surface area contributed by atoms with Crippen molar-refractivity contribution < 1.29 is 4.79 Å². The van der Waals surface area contributed by atoms with Gasteiger partial charge in [-0.25, -0.2) is 4.98 Å². The lowest BCUT2D eigenvalue weighted by atomic mass is 9.86. The fourth-order valence-corrected chi connectivity index (χ4v) is 3.84. The van der Waals surface area contributed by atoms with E-state index >= 15 is 0 Å². The van der Waals surface area contributed by atoms with E-state index in [4.69, 9.17) is 0 Å². The summed E-state index contributed by atoms with van der Waals surface area (Å²) in [5.74, 6) is 1.04. The van der Waals surface area contributed by atoms with Crippen molar-refractivity contribution in [2.24, 2.45) is 0 Å². The maximum Gasteiger partial charge on any atom is 0.253 e. The van der Waals surface area contributed by atoms with Gasteiger partial charge >= 0.3 is 0 Å². The zero-order valence-electron chi connectivity index (χ0n) is 18.3. The van der Waals surface area contributed by atoms with Crippen LogP contribution in [0.2, 0.25) is 0 Å². The molecule has 1 amide bonds. The molecule has 2 heterocycles. The lowest BCUT2D eigenvalue weighted by Gasteiger charge is -2.35. The van der Waals surface area contributed by atoms with Crippen LogP contribution >= 0.6 is 0 Å². The number of rotatable bonds is 3. The second-order valence-electron chi connectivity index (χ2n) is 9.04. The van der Waals surface area contributed by atoms with Gasteiger partial charge in [-0.1, -0.05) is 50.6 Å². The van der Waals surface area contributed by atoms with Crippen molar-refractivity contribution in [3.63, 3.8) is 0 Å². The summed E-state index contributed by atoms with van der Waals surface area (Å²) in [6.45, 7) is 11.6. The lowest BCUT2D eigenvalue weighted by molar-refractivity contribution is 0.0746. The van der Waals surface area contributed by atoms with Crippen LogP contribution in [0.4, 0.5) is 5.95 Å². The van der Waals surface area contributed by atoms with Crippen LogP contribution in [0.15, 0.2) is 60.9 Å². The number of amides is 1. The lowest BCUT2D eigenvalue weighted by Crippen LogP contribution is -2.49. The third-order valence-electron chi connectivity index (χ3n) is 5.78. The Morgan fingerprint density at radius 2 is 1.53 bits per heavy atom. The molecule has 0 unspecified atom stereocenters. The molecule has 1 aliphatic heterocycles. The Kier molecular flexibility index (Phi) is 5.37. The number of hydrogen-bond donors (Lipinski definition) is 0. The Hall–Kier alpha value is -3.08. The highest BCUT2D eigenvalue weighted by atomic mass is 16.2. The molecule has 5 nitrogen and oxygen atoms in total. The van der Waals surface area contributed by atoms with E-state index in [0.717, 1.165) is 30.3 Å². The third kappa shape index (κ3) is 4.11. The SMILES string of the molecule is Cc1ccc(-n2ccnc2N2CCN(C(=O)c3ccc(C(C)(C)C)cc3)CC2)cc1. The first-order valence-corrected chi connectivity index (χ1v) is 10.6. The average molecular weight is 403 g/mol. The summed E-state index contributed by atoms with van der Waals surface area (Å²) < 4.78 is 2.11. The van der Waals surface area contributed by atoms with Gasteiger partial charge in [-0.05, 0) is 42.2 Å². The van der Waals surface area contributed by atoms with Crippen molar-refractivity contribution in [2.45, 2.75) is 33.1 Å². The molecule has 1 fully saturated rings. The second kappa shape index (κ2) is 7.98. The highest BCUT2D eigenvalue weighted by Crippen LogP contribution is 2.24. The fourth-order valence-electron chi connectivity index (χ4n) is 3.84. The molecule has 2 aromatic carbocycles. The van der Waals surface area contributed by atoms with Crippen LogP contribution < -0.4 is 4.90 Å². The van der Waals surface area contributed by atoms with Gasteiger partial charge in [-0.15, -0.1) is 0 Å². The summed E-state index contributed by atoms with van der Waals surface area (Å²) >= 11 is 0. The van der Waals surface area contributed by atoms with Crippen molar-refractivity contribution in [3.8, 4) is 5.69 Å². The topological polar surface area (TPSA) is 41.4 Å². The third-order valence-corrected chi connectivity index (χ3v) is 5.78. The molecule has 0 saturated carbocycles. The van der Waals surface area contributed by atoms with E-state index in [1.54, 1.807) is 0 Å². The van der Waals surface area contributed by atoms with Crippen molar-refractivity contribution in [1.82, 2.24) is 14.5 Å². The van der Waals surface area contributed by atoms with Crippen molar-refractivity contribution >= 4 is 11.9 Å². The minimum atomic E-state index is 0.0898. The molecule has 1 aromatic heterocycles. The number of hydrogen-bond acceptors (Lipinski definition) is 3. The summed E-state index contributed by atoms with van der Waals surface area (Å²) in [5, 5.41) is 0. The number of imidazole rings is 1. The van der Waals surface area contributed by atoms with Crippen LogP contribution in [0.3, 0.4) is 0 Å². The Labute approximate surface area is 179 Å². The molecule has 0 bridgehead atoms. The molecule has 0 atom stereocenters. The van der Waals surface area contributed by atoms with E-state index in [-0.39, 0.29) is 11.3 Å². The highest BCUT2D eigenvalue weighted by Gasteiger charge is 2.25. The van der Waals surface area contributed by atoms with Gasteiger partial charge in [0.25, 0.3) is 5.91 Å². The number of piperazine rings is 1. The van der Waals surface area contributed by atoms with E-state index in [2.05, 4.69) is 78.5 Å². The Bertz CT molecular complexity index is 1000. The van der Waals surface area contributed by atoms with Gasteiger partial charge in [0.05, 0.1) is 0 Å². The van der Waals surface area contributed by atoms with E-state index in [1.807, 2.05) is 29.4 Å². The van der Waals surface area contributed by atoms with Crippen LogP contribution in [0.25, 0.3) is 5.69 Å². The van der Waals surface area contributed by atoms with Gasteiger partial charge in [-0.2, -0.15) is 0 Å². The normalized spacial score (nSPS) is 14.8. The number of aromatic nitrogens is 2. The van der Waals surface area contributed by atoms with Crippen molar-refractivity contribution in [3.05, 3.63) is 77.6 Å². The first kappa shape index (κ1) is 20.2. The first-order chi connectivity index (χ1) is 14.3. The number of aryl methyl sites for hydroxylation is 1. The van der Waals surface area contributed by atoms with Crippen molar-refractivity contribution in [1.29, 1.82) is 0 Å². The Balaban J connectivity index is 1.43. The van der Waals surface area contributed by atoms with Crippen molar-refractivity contribution in [2.75, 3.05) is 31.1 Å². The fraction of sp³-hybridized carbons (Fsp3) is 0.360. The van der Waals surface area contributed by atoms with E-state index in [9.17, 15) is 4.79 Å². The van der Waals surface area contributed by atoms with E-state index in [1.165, 1.54) is 11.1 Å². The predicted octanol–water partition coefficient (Wildman–Crippen LogP) is 4.44. The molecule has 1 aliphatic rings. The maximum absolute atomic E-state index is 13.0. The molecule has 0 N–H and O–H groups in total. The maximum atomic E-state index is 13.0. The summed E-state index contributed by atoms with van der Waals surface area (Å²) in [5.41, 5.74) is 4.44. The summed E-state index contributed by atoms with van der Waals surface area (Å²) in [4.78, 5) is 21.7. The smallest absolute Gasteiger partial charge is 0.253 e. The zero-order valence-corrected chi connectivity index (χ0v) is 18.3. The minimum Gasteiger partial charge on any atom is -0.338 e. The Morgan fingerprint density at radius 3 is 2.13 bits per heavy atom. The number of anilines is 1. The minimum absolute atomic E-state index is 0.0898. The van der Waals surface area contributed by atoms with Gasteiger partial charge in [0, 0.05) is 49.8 Å². The van der Waals surface area contributed by atoms with Gasteiger partial charge in [-0.3, -0.25) is 9.36 Å².